The third-order valence-corrected chi connectivity index (χ3v) is 1.42. The molecule has 3 nitrogen and oxygen atoms in total. The van der Waals surface area contributed by atoms with Crippen molar-refractivity contribution in [2.24, 2.45) is 5.92 Å². The van der Waals surface area contributed by atoms with E-state index in [1.54, 1.807) is 6.92 Å². The van der Waals surface area contributed by atoms with Gasteiger partial charge in [-0.1, -0.05) is 20.3 Å². The molecule has 0 aliphatic rings. The van der Waals surface area contributed by atoms with Gasteiger partial charge in [0.25, 0.3) is 0 Å². The van der Waals surface area contributed by atoms with E-state index in [1.165, 1.54) is 0 Å². The minimum Gasteiger partial charge on any atom is -0.547 e. The summed E-state index contributed by atoms with van der Waals surface area (Å²) in [5.74, 6) is -1.60. The van der Waals surface area contributed by atoms with Gasteiger partial charge in [0.2, 0.25) is 0 Å². The third kappa shape index (κ3) is 4.28. The Kier molecular flexibility index (Phi) is 8.04. The smallest absolute Gasteiger partial charge is 0.547 e. The molecule has 0 saturated heterocycles. The zero-order valence-corrected chi connectivity index (χ0v) is 8.63. The summed E-state index contributed by atoms with van der Waals surface area (Å²) in [5.41, 5.74) is 0. The van der Waals surface area contributed by atoms with Gasteiger partial charge in [-0.2, -0.15) is 0 Å². The monoisotopic (exact) mass is 154 g/mol. The van der Waals surface area contributed by atoms with Crippen molar-refractivity contribution in [2.75, 3.05) is 0 Å². The number of rotatable bonds is 3. The molecule has 0 aromatic heterocycles. The standard InChI is InChI=1S/C6H12O3.Na/c1-3-4(2)5(7)6(8)9;/h4-5,7H,3H2,1-2H3,(H,8,9);/q;+1/p-1/t4-,5+;/m0./s1. The molecule has 0 unspecified atom stereocenters. The van der Waals surface area contributed by atoms with E-state index < -0.39 is 12.1 Å². The van der Waals surface area contributed by atoms with Crippen LogP contribution in [0.4, 0.5) is 0 Å². The Morgan fingerprint density at radius 1 is 1.70 bits per heavy atom. The van der Waals surface area contributed by atoms with Crippen LogP contribution in [0.25, 0.3) is 0 Å². The number of aliphatic hydroxyl groups excluding tert-OH is 1. The van der Waals surface area contributed by atoms with Crippen molar-refractivity contribution < 1.29 is 44.6 Å². The number of hydrogen-bond acceptors (Lipinski definition) is 3. The first-order valence-electron chi connectivity index (χ1n) is 2.98. The zero-order chi connectivity index (χ0) is 7.44. The molecule has 0 aliphatic carbocycles. The van der Waals surface area contributed by atoms with Crippen molar-refractivity contribution in [3.05, 3.63) is 0 Å². The van der Waals surface area contributed by atoms with Gasteiger partial charge in [0.1, 0.15) is 0 Å². The van der Waals surface area contributed by atoms with Gasteiger partial charge < -0.3 is 15.0 Å². The Morgan fingerprint density at radius 3 is 2.20 bits per heavy atom. The first-order chi connectivity index (χ1) is 4.09. The maximum absolute atomic E-state index is 9.94. The van der Waals surface area contributed by atoms with Crippen LogP contribution in [0.15, 0.2) is 0 Å². The molecule has 0 aromatic rings. The Bertz CT molecular complexity index is 105. The molecule has 0 bridgehead atoms. The average molecular weight is 154 g/mol. The molecule has 0 spiro atoms. The molecule has 2 atom stereocenters. The van der Waals surface area contributed by atoms with Gasteiger partial charge >= 0.3 is 29.6 Å². The van der Waals surface area contributed by atoms with Crippen molar-refractivity contribution in [3.8, 4) is 0 Å². The van der Waals surface area contributed by atoms with E-state index in [2.05, 4.69) is 0 Å². The summed E-state index contributed by atoms with van der Waals surface area (Å²) >= 11 is 0. The van der Waals surface area contributed by atoms with Gasteiger partial charge in [-0.25, -0.2) is 0 Å². The van der Waals surface area contributed by atoms with E-state index in [4.69, 9.17) is 5.11 Å². The van der Waals surface area contributed by atoms with E-state index in [-0.39, 0.29) is 35.5 Å². The summed E-state index contributed by atoms with van der Waals surface area (Å²) in [4.78, 5) is 9.94. The molecule has 0 aliphatic heterocycles. The molecule has 0 saturated carbocycles. The van der Waals surface area contributed by atoms with Crippen LogP contribution in [0.3, 0.4) is 0 Å². The molecular formula is C6H11NaO3. The van der Waals surface area contributed by atoms with Crippen molar-refractivity contribution in [1.82, 2.24) is 0 Å². The number of hydrogen-bond donors (Lipinski definition) is 1. The summed E-state index contributed by atoms with van der Waals surface area (Å²) < 4.78 is 0. The maximum atomic E-state index is 9.94. The molecule has 1 N–H and O–H groups in total. The molecular weight excluding hydrogens is 143 g/mol. The molecule has 0 radical (unpaired) electrons. The average Bonchev–Trinajstić information content (AvgIpc) is 1.84. The fourth-order valence-corrected chi connectivity index (χ4v) is 0.456. The van der Waals surface area contributed by atoms with Crippen LogP contribution in [0, 0.1) is 5.92 Å². The Labute approximate surface area is 82.7 Å². The molecule has 10 heavy (non-hydrogen) atoms. The fourth-order valence-electron chi connectivity index (χ4n) is 0.456. The third-order valence-electron chi connectivity index (χ3n) is 1.42. The van der Waals surface area contributed by atoms with Crippen molar-refractivity contribution in [2.45, 2.75) is 26.4 Å². The van der Waals surface area contributed by atoms with E-state index >= 15 is 0 Å². The number of carboxylic acid groups (broad SMARTS) is 1. The molecule has 0 aromatic carbocycles. The van der Waals surface area contributed by atoms with Crippen molar-refractivity contribution in [3.63, 3.8) is 0 Å². The number of carbonyl (C=O) groups is 1. The van der Waals surface area contributed by atoms with Crippen LogP contribution in [0.2, 0.25) is 0 Å². The SMILES string of the molecule is CC[C@H](C)[C@@H](O)C(=O)[O-].[Na+]. The Balaban J connectivity index is 0. The van der Waals surface area contributed by atoms with Gasteiger partial charge in [0, 0.05) is 0 Å². The summed E-state index contributed by atoms with van der Waals surface area (Å²) in [7, 11) is 0. The van der Waals surface area contributed by atoms with Crippen LogP contribution in [0.1, 0.15) is 20.3 Å². The van der Waals surface area contributed by atoms with E-state index in [0.717, 1.165) is 0 Å². The van der Waals surface area contributed by atoms with Gasteiger partial charge in [0.15, 0.2) is 0 Å². The Hall–Kier alpha value is 0.430. The summed E-state index contributed by atoms with van der Waals surface area (Å²) in [6, 6.07) is 0. The van der Waals surface area contributed by atoms with Gasteiger partial charge in [-0.3, -0.25) is 0 Å². The predicted molar refractivity (Wildman–Crippen MR) is 30.5 cm³/mol. The van der Waals surface area contributed by atoms with E-state index in [9.17, 15) is 9.90 Å². The van der Waals surface area contributed by atoms with Gasteiger partial charge in [0.05, 0.1) is 12.1 Å². The number of aliphatic carboxylic acids is 1. The maximum Gasteiger partial charge on any atom is 1.00 e. The minimum atomic E-state index is -1.38. The summed E-state index contributed by atoms with van der Waals surface area (Å²) in [6.45, 7) is 3.48. The zero-order valence-electron chi connectivity index (χ0n) is 6.63. The number of carbonyl (C=O) groups excluding carboxylic acids is 1. The first kappa shape index (κ1) is 13.1. The number of aliphatic hydroxyl groups is 1. The minimum absolute atomic E-state index is 0. The Morgan fingerprint density at radius 2 is 2.10 bits per heavy atom. The molecule has 0 heterocycles. The fraction of sp³-hybridized carbons (Fsp3) is 0.833. The largest absolute Gasteiger partial charge is 1.00 e. The quantitative estimate of drug-likeness (QED) is 0.423. The second kappa shape index (κ2) is 6.16. The van der Waals surface area contributed by atoms with Crippen LogP contribution in [0.5, 0.6) is 0 Å². The molecule has 0 rings (SSSR count). The molecule has 0 amide bonds. The first-order valence-corrected chi connectivity index (χ1v) is 2.98. The predicted octanol–water partition coefficient (Wildman–Crippen LogP) is -3.85. The second-order valence-electron chi connectivity index (χ2n) is 2.15. The topological polar surface area (TPSA) is 60.4 Å². The van der Waals surface area contributed by atoms with Crippen LogP contribution < -0.4 is 34.7 Å². The summed E-state index contributed by atoms with van der Waals surface area (Å²) in [5, 5.41) is 18.7. The summed E-state index contributed by atoms with van der Waals surface area (Å²) in [6.07, 6.45) is -0.662. The molecule has 4 heteroatoms. The molecule has 54 valence electrons. The van der Waals surface area contributed by atoms with E-state index in [0.29, 0.717) is 6.42 Å². The number of carboxylic acids is 1. The van der Waals surface area contributed by atoms with Gasteiger partial charge in [-0.15, -0.1) is 0 Å². The van der Waals surface area contributed by atoms with Crippen molar-refractivity contribution >= 4 is 5.97 Å². The molecule has 0 fully saturated rings. The van der Waals surface area contributed by atoms with Crippen LogP contribution >= 0.6 is 0 Å². The van der Waals surface area contributed by atoms with Gasteiger partial charge in [-0.05, 0) is 5.92 Å². The van der Waals surface area contributed by atoms with Crippen LogP contribution in [-0.4, -0.2) is 17.2 Å². The van der Waals surface area contributed by atoms with Crippen LogP contribution in [-0.2, 0) is 4.79 Å². The second-order valence-corrected chi connectivity index (χ2v) is 2.15. The normalized spacial score (nSPS) is 15.1. The van der Waals surface area contributed by atoms with Crippen molar-refractivity contribution in [1.29, 1.82) is 0 Å². The van der Waals surface area contributed by atoms with E-state index in [1.807, 2.05) is 6.92 Å².